The minimum Gasteiger partial charge on any atom is -0.507 e. The molecule has 1 aliphatic carbocycles. The molecule has 2 N–H and O–H groups in total. The van der Waals surface area contributed by atoms with E-state index in [1.807, 2.05) is 19.9 Å². The van der Waals surface area contributed by atoms with E-state index in [9.17, 15) is 24.6 Å². The Balaban J connectivity index is 1.73. The molecule has 1 atom stereocenters. The molecular weight excluding hydrogens is 504 g/mol. The Bertz CT molecular complexity index is 1030. The van der Waals surface area contributed by atoms with Crippen LogP contribution in [0.5, 0.6) is 11.5 Å². The molecule has 6 nitrogen and oxygen atoms in total. The summed E-state index contributed by atoms with van der Waals surface area (Å²) >= 11 is 0. The third kappa shape index (κ3) is 11.3. The molecule has 2 rings (SSSR count). The molecule has 0 saturated heterocycles. The number of benzene rings is 1. The van der Waals surface area contributed by atoms with Gasteiger partial charge < -0.3 is 14.9 Å². The van der Waals surface area contributed by atoms with Crippen molar-refractivity contribution in [3.05, 3.63) is 46.6 Å². The first-order valence-corrected chi connectivity index (χ1v) is 15.4. The van der Waals surface area contributed by atoms with Crippen molar-refractivity contribution in [2.24, 2.45) is 0 Å². The highest BCUT2D eigenvalue weighted by atomic mass is 16.5. The molecule has 0 aliphatic heterocycles. The summed E-state index contributed by atoms with van der Waals surface area (Å²) in [5.41, 5.74) is 0.530. The predicted molar refractivity (Wildman–Crippen MR) is 160 cm³/mol. The van der Waals surface area contributed by atoms with Crippen molar-refractivity contribution in [1.29, 1.82) is 0 Å². The van der Waals surface area contributed by atoms with Gasteiger partial charge in [-0.25, -0.2) is 0 Å². The summed E-state index contributed by atoms with van der Waals surface area (Å²) in [7, 11) is 0. The lowest BCUT2D eigenvalue weighted by Crippen LogP contribution is -2.29. The molecule has 0 amide bonds. The van der Waals surface area contributed by atoms with E-state index in [2.05, 4.69) is 6.92 Å². The highest BCUT2D eigenvalue weighted by molar-refractivity contribution is 6.27. The van der Waals surface area contributed by atoms with Gasteiger partial charge in [-0.15, -0.1) is 0 Å². The van der Waals surface area contributed by atoms with Gasteiger partial charge in [-0.2, -0.15) is 0 Å². The summed E-state index contributed by atoms with van der Waals surface area (Å²) in [5, 5.41) is 20.3. The van der Waals surface area contributed by atoms with E-state index in [0.717, 1.165) is 30.9 Å². The maximum absolute atomic E-state index is 13.2. The number of allylic oxidation sites excluding steroid dienone is 2. The first-order valence-electron chi connectivity index (χ1n) is 15.4. The lowest BCUT2D eigenvalue weighted by Gasteiger charge is -2.23. The lowest BCUT2D eigenvalue weighted by molar-refractivity contribution is -0.147. The number of aromatic hydroxyl groups is 2. The van der Waals surface area contributed by atoms with Crippen LogP contribution in [0.4, 0.5) is 0 Å². The minimum absolute atomic E-state index is 0.0146. The third-order valence-electron chi connectivity index (χ3n) is 7.53. The molecule has 0 aromatic heterocycles. The Morgan fingerprint density at radius 2 is 1.25 bits per heavy atom. The zero-order chi connectivity index (χ0) is 29.3. The molecule has 0 saturated carbocycles. The number of phenols is 2. The summed E-state index contributed by atoms with van der Waals surface area (Å²) in [5.74, 6) is -2.38. The van der Waals surface area contributed by atoms with Crippen molar-refractivity contribution in [2.75, 3.05) is 0 Å². The Labute approximate surface area is 240 Å². The molecular formula is C34H50O6. The first kappa shape index (κ1) is 33.3. The van der Waals surface area contributed by atoms with Crippen molar-refractivity contribution < 1.29 is 29.3 Å². The Morgan fingerprint density at radius 1 is 0.775 bits per heavy atom. The number of Topliss-reactive ketones (excluding diaryl/α,β-unsaturated/α-hetero) is 1. The Hall–Kier alpha value is -2.89. The van der Waals surface area contributed by atoms with E-state index in [0.29, 0.717) is 0 Å². The van der Waals surface area contributed by atoms with Gasteiger partial charge in [-0.1, -0.05) is 108 Å². The molecule has 40 heavy (non-hydrogen) atoms. The van der Waals surface area contributed by atoms with Crippen LogP contribution in [0.25, 0.3) is 0 Å². The number of carbonyl (C=O) groups excluding carboxylic acids is 3. The van der Waals surface area contributed by atoms with Gasteiger partial charge in [0.15, 0.2) is 11.6 Å². The Kier molecular flexibility index (Phi) is 15.4. The van der Waals surface area contributed by atoms with E-state index in [4.69, 9.17) is 4.74 Å². The number of ether oxygens (including phenoxy) is 1. The number of hydrogen-bond acceptors (Lipinski definition) is 6. The average molecular weight is 555 g/mol. The summed E-state index contributed by atoms with van der Waals surface area (Å²) in [6.45, 7) is 6.05. The fourth-order valence-electron chi connectivity index (χ4n) is 5.16. The number of rotatable bonds is 20. The maximum atomic E-state index is 13.2. The van der Waals surface area contributed by atoms with Crippen LogP contribution in [0.2, 0.25) is 0 Å². The van der Waals surface area contributed by atoms with E-state index in [-0.39, 0.29) is 41.0 Å². The number of fused-ring (bicyclic) bond motifs is 1. The lowest BCUT2D eigenvalue weighted by atomic mass is 9.85. The van der Waals surface area contributed by atoms with Gasteiger partial charge in [-0.3, -0.25) is 14.4 Å². The largest absolute Gasteiger partial charge is 0.507 e. The molecule has 0 fully saturated rings. The molecule has 0 unspecified atom stereocenters. The van der Waals surface area contributed by atoms with Gasteiger partial charge in [0, 0.05) is 18.4 Å². The van der Waals surface area contributed by atoms with Crippen LogP contribution in [0.1, 0.15) is 151 Å². The molecule has 1 aromatic rings. The summed E-state index contributed by atoms with van der Waals surface area (Å²) < 4.78 is 5.69. The fraction of sp³-hybridized carbons (Fsp3) is 0.618. The quantitative estimate of drug-likeness (QED) is 0.0722. The highest BCUT2D eigenvalue weighted by Gasteiger charge is 2.35. The molecule has 0 spiro atoms. The van der Waals surface area contributed by atoms with Gasteiger partial charge in [0.05, 0.1) is 11.1 Å². The number of esters is 1. The van der Waals surface area contributed by atoms with Crippen LogP contribution >= 0.6 is 0 Å². The molecule has 1 aliphatic rings. The second kappa shape index (κ2) is 18.5. The zero-order valence-corrected chi connectivity index (χ0v) is 24.9. The third-order valence-corrected chi connectivity index (χ3v) is 7.53. The molecule has 222 valence electrons. The number of hydrogen-bond donors (Lipinski definition) is 2. The molecule has 0 heterocycles. The van der Waals surface area contributed by atoms with Gasteiger partial charge in [0.2, 0.25) is 0 Å². The smallest absolute Gasteiger partial charge is 0.306 e. The maximum Gasteiger partial charge on any atom is 0.306 e. The number of carbonyl (C=O) groups is 3. The van der Waals surface area contributed by atoms with E-state index >= 15 is 0 Å². The topological polar surface area (TPSA) is 101 Å². The van der Waals surface area contributed by atoms with E-state index in [1.165, 1.54) is 89.2 Å². The van der Waals surface area contributed by atoms with E-state index in [1.54, 1.807) is 0 Å². The van der Waals surface area contributed by atoms with Crippen molar-refractivity contribution in [1.82, 2.24) is 0 Å². The van der Waals surface area contributed by atoms with Crippen LogP contribution in [0, 0.1) is 0 Å². The second-order valence-corrected chi connectivity index (χ2v) is 11.3. The molecule has 6 heteroatoms. The van der Waals surface area contributed by atoms with Crippen molar-refractivity contribution in [3.63, 3.8) is 0 Å². The van der Waals surface area contributed by atoms with Crippen LogP contribution in [0.15, 0.2) is 35.4 Å². The summed E-state index contributed by atoms with van der Waals surface area (Å²) in [4.78, 5) is 38.6. The van der Waals surface area contributed by atoms with Crippen LogP contribution in [-0.4, -0.2) is 33.9 Å². The molecule has 1 aromatic carbocycles. The van der Waals surface area contributed by atoms with Gasteiger partial charge in [0.1, 0.15) is 17.6 Å². The van der Waals surface area contributed by atoms with Crippen LogP contribution < -0.4 is 0 Å². The highest BCUT2D eigenvalue weighted by Crippen LogP contribution is 2.36. The Morgan fingerprint density at radius 3 is 1.75 bits per heavy atom. The monoisotopic (exact) mass is 554 g/mol. The number of phenolic OH excluding ortho intramolecular Hbond substituents is 2. The predicted octanol–water partition coefficient (Wildman–Crippen LogP) is 8.93. The number of unbranched alkanes of at least 4 members (excludes halogenated alkanes) is 14. The fourth-order valence-corrected chi connectivity index (χ4v) is 5.16. The zero-order valence-electron chi connectivity index (χ0n) is 24.9. The molecule has 0 bridgehead atoms. The normalized spacial score (nSPS) is 13.5. The average Bonchev–Trinajstić information content (AvgIpc) is 2.92. The molecule has 0 radical (unpaired) electrons. The van der Waals surface area contributed by atoms with Gasteiger partial charge >= 0.3 is 5.97 Å². The summed E-state index contributed by atoms with van der Waals surface area (Å²) in [6, 6.07) is 2.35. The van der Waals surface area contributed by atoms with Crippen molar-refractivity contribution in [3.8, 4) is 11.5 Å². The van der Waals surface area contributed by atoms with Gasteiger partial charge in [-0.05, 0) is 38.5 Å². The summed E-state index contributed by atoms with van der Waals surface area (Å²) in [6.07, 6.45) is 21.2. The second-order valence-electron chi connectivity index (χ2n) is 11.3. The van der Waals surface area contributed by atoms with Crippen LogP contribution in [-0.2, 0) is 9.53 Å². The van der Waals surface area contributed by atoms with E-state index < -0.39 is 23.6 Å². The SMILES string of the molecule is CCCCCCCCCCCCCCCCCC(=O)O[C@H](CC=C(C)C)C1=CC(=O)c2c(O)ccc(O)c2C1=O. The minimum atomic E-state index is -0.940. The van der Waals surface area contributed by atoms with Crippen LogP contribution in [0.3, 0.4) is 0 Å². The van der Waals surface area contributed by atoms with Crippen molar-refractivity contribution >= 4 is 17.5 Å². The standard InChI is InChI=1S/C34H50O6/c1-4-5-6-7-8-9-10-11-12-13-14-15-16-17-18-19-31(38)40-30(23-20-25(2)3)26-24-29(37)32-27(35)21-22-28(36)33(32)34(26)39/h20-22,24,30,35-36H,4-19,23H2,1-3H3/t30-/m1/s1. The first-order chi connectivity index (χ1) is 19.3. The van der Waals surface area contributed by atoms with Crippen molar-refractivity contribution in [2.45, 2.75) is 136 Å². The number of ketones is 2. The van der Waals surface area contributed by atoms with Gasteiger partial charge in [0.25, 0.3) is 0 Å².